The summed E-state index contributed by atoms with van der Waals surface area (Å²) >= 11 is 3.68. The van der Waals surface area contributed by atoms with E-state index in [0.717, 1.165) is 29.8 Å². The summed E-state index contributed by atoms with van der Waals surface area (Å²) in [6, 6.07) is 8.53. The van der Waals surface area contributed by atoms with Crippen LogP contribution in [0.5, 0.6) is 0 Å². The molecule has 0 saturated heterocycles. The Labute approximate surface area is 129 Å². The molecule has 2 rings (SSSR count). The third-order valence-electron chi connectivity index (χ3n) is 3.63. The van der Waals surface area contributed by atoms with Gasteiger partial charge in [-0.05, 0) is 55.3 Å². The van der Waals surface area contributed by atoms with E-state index in [1.54, 1.807) is 0 Å². The molecule has 0 radical (unpaired) electrons. The zero-order chi connectivity index (χ0) is 14.7. The summed E-state index contributed by atoms with van der Waals surface area (Å²) < 4.78 is 3.21. The molecule has 0 bridgehead atoms. The minimum Gasteiger partial charge on any atom is -0.366 e. The highest BCUT2D eigenvalue weighted by atomic mass is 79.9. The fourth-order valence-electron chi connectivity index (χ4n) is 2.49. The molecule has 1 aromatic heterocycles. The molecule has 0 spiro atoms. The van der Waals surface area contributed by atoms with Gasteiger partial charge < -0.3 is 4.90 Å². The van der Waals surface area contributed by atoms with E-state index in [1.807, 2.05) is 6.92 Å². The highest BCUT2D eigenvalue weighted by Gasteiger charge is 2.16. The van der Waals surface area contributed by atoms with Crippen LogP contribution in [0.2, 0.25) is 0 Å². The van der Waals surface area contributed by atoms with E-state index < -0.39 is 0 Å². The van der Waals surface area contributed by atoms with Gasteiger partial charge >= 0.3 is 0 Å². The van der Waals surface area contributed by atoms with Gasteiger partial charge in [-0.3, -0.25) is 4.68 Å². The predicted octanol–water partition coefficient (Wildman–Crippen LogP) is 4.31. The number of aromatic nitrogens is 2. The van der Waals surface area contributed by atoms with Crippen LogP contribution in [0.25, 0.3) is 0 Å². The number of halogens is 1. The van der Waals surface area contributed by atoms with E-state index in [2.05, 4.69) is 75.6 Å². The maximum Gasteiger partial charge on any atom is 0.0739 e. The van der Waals surface area contributed by atoms with Crippen molar-refractivity contribution in [2.75, 3.05) is 11.4 Å². The first-order valence-corrected chi connectivity index (χ1v) is 7.90. The summed E-state index contributed by atoms with van der Waals surface area (Å²) in [6.45, 7) is 11.3. The van der Waals surface area contributed by atoms with Crippen molar-refractivity contribution >= 4 is 21.6 Å². The van der Waals surface area contributed by atoms with Crippen LogP contribution < -0.4 is 4.90 Å². The Balaban J connectivity index is 2.34. The topological polar surface area (TPSA) is 21.1 Å². The first kappa shape index (κ1) is 15.1. The second kappa shape index (κ2) is 6.44. The number of benzene rings is 1. The Hall–Kier alpha value is -1.29. The predicted molar refractivity (Wildman–Crippen MR) is 88.2 cm³/mol. The van der Waals surface area contributed by atoms with Crippen molar-refractivity contribution in [1.82, 2.24) is 9.78 Å². The number of hydrogen-bond acceptors (Lipinski definition) is 2. The number of rotatable bonds is 5. The van der Waals surface area contributed by atoms with Crippen LogP contribution in [0.1, 0.15) is 30.8 Å². The Morgan fingerprint density at radius 3 is 2.50 bits per heavy atom. The minimum absolute atomic E-state index is 0.872. The van der Waals surface area contributed by atoms with E-state index in [1.165, 1.54) is 16.9 Å². The largest absolute Gasteiger partial charge is 0.366 e. The van der Waals surface area contributed by atoms with E-state index in [4.69, 9.17) is 0 Å². The average molecular weight is 336 g/mol. The van der Waals surface area contributed by atoms with Gasteiger partial charge in [-0.1, -0.05) is 18.2 Å². The van der Waals surface area contributed by atoms with Crippen molar-refractivity contribution in [3.8, 4) is 0 Å². The van der Waals surface area contributed by atoms with Gasteiger partial charge in [0.05, 0.1) is 22.4 Å². The highest BCUT2D eigenvalue weighted by molar-refractivity contribution is 9.10. The molecular formula is C16H22BrN3. The molecule has 108 valence electrons. The first-order chi connectivity index (χ1) is 9.58. The molecule has 0 aliphatic heterocycles. The van der Waals surface area contributed by atoms with Crippen molar-refractivity contribution in [2.45, 2.75) is 40.8 Å². The molecule has 0 atom stereocenters. The van der Waals surface area contributed by atoms with Gasteiger partial charge in [-0.2, -0.15) is 5.10 Å². The third-order valence-corrected chi connectivity index (χ3v) is 4.66. The zero-order valence-electron chi connectivity index (χ0n) is 12.7. The Bertz CT molecular complexity index is 589. The Morgan fingerprint density at radius 2 is 1.90 bits per heavy atom. The molecule has 0 aliphatic carbocycles. The van der Waals surface area contributed by atoms with E-state index in [-0.39, 0.29) is 0 Å². The number of anilines is 1. The van der Waals surface area contributed by atoms with Gasteiger partial charge in [0, 0.05) is 18.8 Å². The lowest BCUT2D eigenvalue weighted by Gasteiger charge is -2.25. The van der Waals surface area contributed by atoms with Crippen LogP contribution >= 0.6 is 15.9 Å². The Kier molecular flexibility index (Phi) is 4.86. The second-order valence-electron chi connectivity index (χ2n) is 4.96. The van der Waals surface area contributed by atoms with E-state index in [0.29, 0.717) is 0 Å². The SMILES string of the molecule is CCN(Cc1c(Br)c(C)nn1CC)c1ccccc1C. The van der Waals surface area contributed by atoms with Crippen molar-refractivity contribution in [3.05, 3.63) is 45.7 Å². The van der Waals surface area contributed by atoms with E-state index >= 15 is 0 Å². The zero-order valence-corrected chi connectivity index (χ0v) is 14.2. The molecule has 0 aliphatic rings. The summed E-state index contributed by atoms with van der Waals surface area (Å²) in [5.74, 6) is 0. The highest BCUT2D eigenvalue weighted by Crippen LogP contribution is 2.26. The quantitative estimate of drug-likeness (QED) is 0.811. The fraction of sp³-hybridized carbons (Fsp3) is 0.438. The van der Waals surface area contributed by atoms with Crippen molar-refractivity contribution < 1.29 is 0 Å². The normalized spacial score (nSPS) is 10.8. The molecule has 0 amide bonds. The van der Waals surface area contributed by atoms with Crippen molar-refractivity contribution in [2.24, 2.45) is 0 Å². The molecule has 0 unspecified atom stereocenters. The van der Waals surface area contributed by atoms with Gasteiger partial charge in [0.15, 0.2) is 0 Å². The van der Waals surface area contributed by atoms with Gasteiger partial charge in [-0.15, -0.1) is 0 Å². The van der Waals surface area contributed by atoms with Gasteiger partial charge in [0.25, 0.3) is 0 Å². The maximum absolute atomic E-state index is 4.58. The van der Waals surface area contributed by atoms with Gasteiger partial charge in [0.2, 0.25) is 0 Å². The average Bonchev–Trinajstić information content (AvgIpc) is 2.73. The molecule has 1 aromatic carbocycles. The molecule has 20 heavy (non-hydrogen) atoms. The second-order valence-corrected chi connectivity index (χ2v) is 5.76. The molecule has 3 nitrogen and oxygen atoms in total. The third kappa shape index (κ3) is 2.90. The number of aryl methyl sites for hydroxylation is 3. The number of para-hydroxylation sites is 1. The fourth-order valence-corrected chi connectivity index (χ4v) is 2.90. The van der Waals surface area contributed by atoms with Crippen LogP contribution in [0.3, 0.4) is 0 Å². The van der Waals surface area contributed by atoms with Crippen LogP contribution in [0.4, 0.5) is 5.69 Å². The van der Waals surface area contributed by atoms with Crippen molar-refractivity contribution in [1.29, 1.82) is 0 Å². The lowest BCUT2D eigenvalue weighted by molar-refractivity contribution is 0.606. The molecule has 0 saturated carbocycles. The molecule has 1 heterocycles. The first-order valence-electron chi connectivity index (χ1n) is 7.10. The van der Waals surface area contributed by atoms with E-state index in [9.17, 15) is 0 Å². The number of nitrogens with zero attached hydrogens (tertiary/aromatic N) is 3. The van der Waals surface area contributed by atoms with Crippen LogP contribution in [-0.4, -0.2) is 16.3 Å². The monoisotopic (exact) mass is 335 g/mol. The summed E-state index contributed by atoms with van der Waals surface area (Å²) in [7, 11) is 0. The molecule has 0 fully saturated rings. The molecule has 0 N–H and O–H groups in total. The Morgan fingerprint density at radius 1 is 1.20 bits per heavy atom. The summed E-state index contributed by atoms with van der Waals surface area (Å²) in [4.78, 5) is 2.39. The minimum atomic E-state index is 0.872. The summed E-state index contributed by atoms with van der Waals surface area (Å²) in [6.07, 6.45) is 0. The summed E-state index contributed by atoms with van der Waals surface area (Å²) in [5.41, 5.74) is 4.91. The van der Waals surface area contributed by atoms with Crippen molar-refractivity contribution in [3.63, 3.8) is 0 Å². The standard InChI is InChI=1S/C16H22BrN3/c1-5-19(14-10-8-7-9-12(14)3)11-15-16(17)13(4)18-20(15)6-2/h7-10H,5-6,11H2,1-4H3. The molecule has 2 aromatic rings. The van der Waals surface area contributed by atoms with Crippen LogP contribution in [0.15, 0.2) is 28.7 Å². The number of hydrogen-bond donors (Lipinski definition) is 0. The van der Waals surface area contributed by atoms with Gasteiger partial charge in [-0.25, -0.2) is 0 Å². The lowest BCUT2D eigenvalue weighted by Crippen LogP contribution is -2.24. The van der Waals surface area contributed by atoms with Crippen LogP contribution in [-0.2, 0) is 13.1 Å². The summed E-state index contributed by atoms with van der Waals surface area (Å²) in [5, 5.41) is 4.58. The molecular weight excluding hydrogens is 314 g/mol. The van der Waals surface area contributed by atoms with Gasteiger partial charge in [0.1, 0.15) is 0 Å². The molecule has 4 heteroatoms. The maximum atomic E-state index is 4.58. The lowest BCUT2D eigenvalue weighted by atomic mass is 10.1. The smallest absolute Gasteiger partial charge is 0.0739 e. The van der Waals surface area contributed by atoms with Crippen LogP contribution in [0, 0.1) is 13.8 Å².